The lowest BCUT2D eigenvalue weighted by Crippen LogP contribution is -2.37. The Labute approximate surface area is 126 Å². The molecule has 0 radical (unpaired) electrons. The van der Waals surface area contributed by atoms with Crippen molar-refractivity contribution in [3.63, 3.8) is 0 Å². The van der Waals surface area contributed by atoms with Gasteiger partial charge in [0.05, 0.1) is 11.6 Å². The lowest BCUT2D eigenvalue weighted by molar-refractivity contribution is 0.0912. The zero-order chi connectivity index (χ0) is 16.1. The van der Waals surface area contributed by atoms with Crippen LogP contribution < -0.4 is 10.1 Å². The Balaban J connectivity index is 1.94. The molecule has 1 heterocycles. The molecule has 1 aromatic heterocycles. The van der Waals surface area contributed by atoms with Crippen molar-refractivity contribution in [2.45, 2.75) is 19.4 Å². The van der Waals surface area contributed by atoms with Crippen molar-refractivity contribution in [2.75, 3.05) is 6.61 Å². The Kier molecular flexibility index (Phi) is 5.08. The molecule has 0 aliphatic carbocycles. The quantitative estimate of drug-likeness (QED) is 0.892. The van der Waals surface area contributed by atoms with Gasteiger partial charge in [0.25, 0.3) is 12.3 Å². The van der Waals surface area contributed by atoms with Gasteiger partial charge in [-0.3, -0.25) is 9.48 Å². The van der Waals surface area contributed by atoms with Crippen LogP contribution in [0.1, 0.15) is 29.4 Å². The molecule has 1 atom stereocenters. The molecule has 0 saturated heterocycles. The van der Waals surface area contributed by atoms with Crippen molar-refractivity contribution in [3.8, 4) is 5.75 Å². The fourth-order valence-corrected chi connectivity index (χ4v) is 1.92. The van der Waals surface area contributed by atoms with Gasteiger partial charge >= 0.3 is 0 Å². The highest BCUT2D eigenvalue weighted by Crippen LogP contribution is 2.20. The van der Waals surface area contributed by atoms with E-state index < -0.39 is 18.0 Å². The van der Waals surface area contributed by atoms with Crippen LogP contribution in [0.15, 0.2) is 36.5 Å². The van der Waals surface area contributed by atoms with Crippen molar-refractivity contribution < 1.29 is 18.3 Å². The maximum atomic E-state index is 12.8. The maximum absolute atomic E-state index is 12.8. The molecule has 0 bridgehead atoms. The number of alkyl halides is 2. The summed E-state index contributed by atoms with van der Waals surface area (Å²) in [5.74, 6) is 0.0887. The molecule has 0 aliphatic rings. The predicted octanol–water partition coefficient (Wildman–Crippen LogP) is 2.56. The van der Waals surface area contributed by atoms with Crippen LogP contribution in [0.5, 0.6) is 5.75 Å². The van der Waals surface area contributed by atoms with Crippen LogP contribution in [0.4, 0.5) is 8.78 Å². The molecule has 5 nitrogen and oxygen atoms in total. The van der Waals surface area contributed by atoms with E-state index in [1.54, 1.807) is 19.1 Å². The zero-order valence-corrected chi connectivity index (χ0v) is 12.3. The van der Waals surface area contributed by atoms with Gasteiger partial charge in [-0.05, 0) is 19.1 Å². The van der Waals surface area contributed by atoms with Crippen molar-refractivity contribution in [3.05, 3.63) is 47.8 Å². The third-order valence-corrected chi connectivity index (χ3v) is 2.93. The van der Waals surface area contributed by atoms with Gasteiger partial charge < -0.3 is 10.1 Å². The molecule has 1 amide bonds. The lowest BCUT2D eigenvalue weighted by atomic mass is 10.2. The van der Waals surface area contributed by atoms with Crippen LogP contribution in [-0.4, -0.2) is 28.3 Å². The number of ether oxygens (including phenoxy) is 1. The number of nitrogens with zero attached hydrogens (tertiary/aromatic N) is 2. The highest BCUT2D eigenvalue weighted by atomic mass is 19.3. The van der Waals surface area contributed by atoms with Crippen molar-refractivity contribution >= 4 is 5.91 Å². The van der Waals surface area contributed by atoms with E-state index in [4.69, 9.17) is 4.74 Å². The molecule has 0 fully saturated rings. The first kappa shape index (κ1) is 15.9. The average Bonchev–Trinajstić information content (AvgIpc) is 2.89. The van der Waals surface area contributed by atoms with Crippen LogP contribution in [-0.2, 0) is 7.05 Å². The second-order valence-corrected chi connectivity index (χ2v) is 4.90. The van der Waals surface area contributed by atoms with Gasteiger partial charge in [-0.2, -0.15) is 5.10 Å². The van der Waals surface area contributed by atoms with Crippen LogP contribution in [0.2, 0.25) is 0 Å². The average molecular weight is 309 g/mol. The molecular formula is C15H17F2N3O2. The number of carbonyl (C=O) groups excluding carboxylic acids is 1. The third kappa shape index (κ3) is 4.03. The van der Waals surface area contributed by atoms with E-state index in [1.165, 1.54) is 17.9 Å². The zero-order valence-electron chi connectivity index (χ0n) is 12.3. The number of halogens is 2. The van der Waals surface area contributed by atoms with E-state index >= 15 is 0 Å². The molecule has 0 spiro atoms. The monoisotopic (exact) mass is 309 g/mol. The molecule has 1 unspecified atom stereocenters. The molecule has 1 aromatic carbocycles. The Hall–Kier alpha value is -2.44. The summed E-state index contributed by atoms with van der Waals surface area (Å²) in [6, 6.07) is 8.80. The van der Waals surface area contributed by atoms with Gasteiger partial charge in [0.15, 0.2) is 0 Å². The van der Waals surface area contributed by atoms with Gasteiger partial charge in [0.2, 0.25) is 0 Å². The normalized spacial score (nSPS) is 12.2. The fraction of sp³-hybridized carbons (Fsp3) is 0.333. The predicted molar refractivity (Wildman–Crippen MR) is 77.0 cm³/mol. The number of benzene rings is 1. The number of hydrogen-bond acceptors (Lipinski definition) is 3. The third-order valence-electron chi connectivity index (χ3n) is 2.93. The highest BCUT2D eigenvalue weighted by Gasteiger charge is 2.23. The molecule has 0 aliphatic heterocycles. The van der Waals surface area contributed by atoms with E-state index in [1.807, 2.05) is 18.2 Å². The Morgan fingerprint density at radius 2 is 2.05 bits per heavy atom. The second kappa shape index (κ2) is 7.02. The number of aromatic nitrogens is 2. The smallest absolute Gasteiger partial charge is 0.282 e. The Morgan fingerprint density at radius 3 is 2.68 bits per heavy atom. The molecule has 2 rings (SSSR count). The number of carbonyl (C=O) groups is 1. The standard InChI is InChI=1S/C15H17F2N3O2/c1-10(9-22-11-6-4-3-5-7-11)18-15(21)12-8-20(2)19-13(12)14(16)17/h3-8,10,14H,9H2,1-2H3,(H,18,21). The molecule has 1 N–H and O–H groups in total. The summed E-state index contributed by atoms with van der Waals surface area (Å²) in [6.07, 6.45) is -1.51. The van der Waals surface area contributed by atoms with E-state index in [0.29, 0.717) is 5.75 Å². The molecule has 0 saturated carbocycles. The first-order valence-corrected chi connectivity index (χ1v) is 6.77. The number of para-hydroxylation sites is 1. The number of amides is 1. The molecule has 7 heteroatoms. The molecular weight excluding hydrogens is 292 g/mol. The molecule has 2 aromatic rings. The van der Waals surface area contributed by atoms with E-state index in [2.05, 4.69) is 10.4 Å². The van der Waals surface area contributed by atoms with Gasteiger partial charge in [-0.15, -0.1) is 0 Å². The summed E-state index contributed by atoms with van der Waals surface area (Å²) >= 11 is 0. The summed E-state index contributed by atoms with van der Waals surface area (Å²) in [5.41, 5.74) is -0.639. The molecule has 22 heavy (non-hydrogen) atoms. The van der Waals surface area contributed by atoms with E-state index in [-0.39, 0.29) is 18.2 Å². The summed E-state index contributed by atoms with van der Waals surface area (Å²) in [7, 11) is 1.49. The fourth-order valence-electron chi connectivity index (χ4n) is 1.92. The largest absolute Gasteiger partial charge is 0.491 e. The van der Waals surface area contributed by atoms with Gasteiger partial charge in [0.1, 0.15) is 18.1 Å². The van der Waals surface area contributed by atoms with Crippen molar-refractivity contribution in [1.29, 1.82) is 0 Å². The van der Waals surface area contributed by atoms with Gasteiger partial charge in [-0.25, -0.2) is 8.78 Å². The Morgan fingerprint density at radius 1 is 1.36 bits per heavy atom. The first-order valence-electron chi connectivity index (χ1n) is 6.77. The van der Waals surface area contributed by atoms with Crippen LogP contribution in [0, 0.1) is 0 Å². The SMILES string of the molecule is CC(COc1ccccc1)NC(=O)c1cn(C)nc1C(F)F. The maximum Gasteiger partial charge on any atom is 0.282 e. The van der Waals surface area contributed by atoms with Crippen LogP contribution in [0.25, 0.3) is 0 Å². The summed E-state index contributed by atoms with van der Waals surface area (Å²) in [5, 5.41) is 6.23. The second-order valence-electron chi connectivity index (χ2n) is 4.90. The Bertz CT molecular complexity index is 629. The first-order chi connectivity index (χ1) is 10.5. The van der Waals surface area contributed by atoms with Crippen LogP contribution in [0.3, 0.4) is 0 Å². The van der Waals surface area contributed by atoms with Crippen LogP contribution >= 0.6 is 0 Å². The van der Waals surface area contributed by atoms with E-state index in [0.717, 1.165) is 0 Å². The van der Waals surface area contributed by atoms with E-state index in [9.17, 15) is 13.6 Å². The van der Waals surface area contributed by atoms with Gasteiger partial charge in [-0.1, -0.05) is 18.2 Å². The van der Waals surface area contributed by atoms with Gasteiger partial charge in [0, 0.05) is 13.2 Å². The lowest BCUT2D eigenvalue weighted by Gasteiger charge is -2.15. The highest BCUT2D eigenvalue weighted by molar-refractivity contribution is 5.95. The topological polar surface area (TPSA) is 56.1 Å². The number of aryl methyl sites for hydroxylation is 1. The summed E-state index contributed by atoms with van der Waals surface area (Å²) < 4.78 is 32.4. The summed E-state index contributed by atoms with van der Waals surface area (Å²) in [6.45, 7) is 1.97. The minimum atomic E-state index is -2.79. The minimum Gasteiger partial charge on any atom is -0.491 e. The number of nitrogens with one attached hydrogen (secondary N) is 1. The summed E-state index contributed by atoms with van der Waals surface area (Å²) in [4.78, 5) is 12.1. The molecule has 118 valence electrons. The number of rotatable bonds is 6. The van der Waals surface area contributed by atoms with Crippen molar-refractivity contribution in [1.82, 2.24) is 15.1 Å². The number of hydrogen-bond donors (Lipinski definition) is 1. The van der Waals surface area contributed by atoms with Crippen molar-refractivity contribution in [2.24, 2.45) is 7.05 Å². The minimum absolute atomic E-state index is 0.121.